The largest absolute Gasteiger partial charge is 0.379 e. The second-order valence-electron chi connectivity index (χ2n) is 7.12. The van der Waals surface area contributed by atoms with E-state index in [1.54, 1.807) is 0 Å². The van der Waals surface area contributed by atoms with Gasteiger partial charge in [0.1, 0.15) is 0 Å². The standard InChI is InChI=1S/C17H35NO/c1-6-17(4,5)15-8-10-16(11-9-15)18-12-7-13-19-14(2)3/h14-16,18H,6-13H2,1-5H3. The molecule has 1 fully saturated rings. The summed E-state index contributed by atoms with van der Waals surface area (Å²) in [7, 11) is 0. The molecule has 0 aromatic carbocycles. The number of rotatable bonds is 8. The van der Waals surface area contributed by atoms with Crippen LogP contribution < -0.4 is 5.32 Å². The zero-order valence-corrected chi connectivity index (χ0v) is 13.8. The van der Waals surface area contributed by atoms with Gasteiger partial charge in [0.25, 0.3) is 0 Å². The average Bonchev–Trinajstić information content (AvgIpc) is 2.38. The zero-order chi connectivity index (χ0) is 14.3. The molecule has 0 radical (unpaired) electrons. The molecule has 1 aliphatic rings. The summed E-state index contributed by atoms with van der Waals surface area (Å²) in [6, 6.07) is 0.753. The van der Waals surface area contributed by atoms with E-state index in [-0.39, 0.29) is 0 Å². The highest BCUT2D eigenvalue weighted by Gasteiger charge is 2.31. The van der Waals surface area contributed by atoms with Crippen LogP contribution in [0.4, 0.5) is 0 Å². The third-order valence-electron chi connectivity index (χ3n) is 4.95. The Labute approximate surface area is 120 Å². The molecule has 0 saturated heterocycles. The Balaban J connectivity index is 2.10. The highest BCUT2D eigenvalue weighted by molar-refractivity contribution is 4.84. The minimum atomic E-state index is 0.367. The summed E-state index contributed by atoms with van der Waals surface area (Å²) >= 11 is 0. The van der Waals surface area contributed by atoms with E-state index in [2.05, 4.69) is 39.9 Å². The molecule has 0 heterocycles. The van der Waals surface area contributed by atoms with Crippen LogP contribution in [0.1, 0.15) is 73.1 Å². The van der Waals surface area contributed by atoms with Crippen LogP contribution >= 0.6 is 0 Å². The molecule has 0 unspecified atom stereocenters. The summed E-state index contributed by atoms with van der Waals surface area (Å²) in [6.45, 7) is 13.4. The molecule has 0 aromatic heterocycles. The van der Waals surface area contributed by atoms with E-state index in [9.17, 15) is 0 Å². The van der Waals surface area contributed by atoms with Crippen molar-refractivity contribution in [1.29, 1.82) is 0 Å². The van der Waals surface area contributed by atoms with Crippen LogP contribution in [0.5, 0.6) is 0 Å². The van der Waals surface area contributed by atoms with Gasteiger partial charge in [-0.1, -0.05) is 27.2 Å². The molecule has 1 saturated carbocycles. The second-order valence-corrected chi connectivity index (χ2v) is 7.12. The Morgan fingerprint density at radius 3 is 2.32 bits per heavy atom. The van der Waals surface area contributed by atoms with Crippen LogP contribution in [-0.2, 0) is 4.74 Å². The van der Waals surface area contributed by atoms with Crippen LogP contribution in [-0.4, -0.2) is 25.3 Å². The Bertz CT molecular complexity index is 229. The molecule has 114 valence electrons. The molecule has 0 amide bonds. The minimum Gasteiger partial charge on any atom is -0.379 e. The van der Waals surface area contributed by atoms with Gasteiger partial charge in [0.2, 0.25) is 0 Å². The molecule has 1 rings (SSSR count). The molecule has 0 atom stereocenters. The van der Waals surface area contributed by atoms with Crippen LogP contribution in [0.3, 0.4) is 0 Å². The van der Waals surface area contributed by atoms with Gasteiger partial charge >= 0.3 is 0 Å². The van der Waals surface area contributed by atoms with Gasteiger partial charge in [-0.25, -0.2) is 0 Å². The maximum Gasteiger partial charge on any atom is 0.0518 e. The van der Waals surface area contributed by atoms with E-state index in [1.165, 1.54) is 32.1 Å². The molecule has 1 aliphatic carbocycles. The Kier molecular flexibility index (Phi) is 7.38. The molecule has 0 aromatic rings. The maximum absolute atomic E-state index is 5.57. The zero-order valence-electron chi connectivity index (χ0n) is 13.8. The summed E-state index contributed by atoms with van der Waals surface area (Å²) in [4.78, 5) is 0. The van der Waals surface area contributed by atoms with Gasteiger partial charge in [-0.2, -0.15) is 0 Å². The van der Waals surface area contributed by atoms with Crippen LogP contribution in [0.2, 0.25) is 0 Å². The van der Waals surface area contributed by atoms with Crippen molar-refractivity contribution in [3.63, 3.8) is 0 Å². The Morgan fingerprint density at radius 2 is 1.79 bits per heavy atom. The summed E-state index contributed by atoms with van der Waals surface area (Å²) in [6.07, 6.45) is 8.34. The summed E-state index contributed by atoms with van der Waals surface area (Å²) in [5.41, 5.74) is 0.538. The van der Waals surface area contributed by atoms with Gasteiger partial charge in [-0.15, -0.1) is 0 Å². The molecule has 1 N–H and O–H groups in total. The summed E-state index contributed by atoms with van der Waals surface area (Å²) in [5, 5.41) is 3.71. The van der Waals surface area contributed by atoms with Crippen molar-refractivity contribution in [2.24, 2.45) is 11.3 Å². The molecular weight excluding hydrogens is 234 g/mol. The van der Waals surface area contributed by atoms with Gasteiger partial charge in [-0.05, 0) is 63.8 Å². The molecule has 2 nitrogen and oxygen atoms in total. The molecule has 0 bridgehead atoms. The van der Waals surface area contributed by atoms with E-state index >= 15 is 0 Å². The topological polar surface area (TPSA) is 21.3 Å². The van der Waals surface area contributed by atoms with Crippen molar-refractivity contribution in [2.75, 3.05) is 13.2 Å². The smallest absolute Gasteiger partial charge is 0.0518 e. The van der Waals surface area contributed by atoms with E-state index in [1.807, 2.05) is 0 Å². The fourth-order valence-electron chi connectivity index (χ4n) is 3.07. The van der Waals surface area contributed by atoms with Gasteiger partial charge in [-0.3, -0.25) is 0 Å². The van der Waals surface area contributed by atoms with Crippen LogP contribution in [0, 0.1) is 11.3 Å². The van der Waals surface area contributed by atoms with E-state index < -0.39 is 0 Å². The molecule has 0 aliphatic heterocycles. The SMILES string of the molecule is CCC(C)(C)C1CCC(NCCCOC(C)C)CC1. The van der Waals surface area contributed by atoms with Crippen LogP contribution in [0.25, 0.3) is 0 Å². The second kappa shape index (κ2) is 8.26. The maximum atomic E-state index is 5.57. The predicted octanol–water partition coefficient (Wildman–Crippen LogP) is 4.39. The Hall–Kier alpha value is -0.0800. The average molecular weight is 269 g/mol. The lowest BCUT2D eigenvalue weighted by Gasteiger charge is -2.39. The number of ether oxygens (including phenoxy) is 1. The molecule has 19 heavy (non-hydrogen) atoms. The lowest BCUT2D eigenvalue weighted by Crippen LogP contribution is -2.37. The first kappa shape index (κ1) is 17.0. The summed E-state index contributed by atoms with van der Waals surface area (Å²) in [5.74, 6) is 0.930. The molecule has 2 heteroatoms. The van der Waals surface area contributed by atoms with Crippen LogP contribution in [0.15, 0.2) is 0 Å². The highest BCUT2D eigenvalue weighted by Crippen LogP contribution is 2.40. The van der Waals surface area contributed by atoms with E-state index in [0.717, 1.165) is 31.5 Å². The third-order valence-corrected chi connectivity index (χ3v) is 4.95. The van der Waals surface area contributed by atoms with Crippen molar-refractivity contribution in [2.45, 2.75) is 85.3 Å². The van der Waals surface area contributed by atoms with Crippen molar-refractivity contribution >= 4 is 0 Å². The van der Waals surface area contributed by atoms with Gasteiger partial charge in [0.15, 0.2) is 0 Å². The van der Waals surface area contributed by atoms with Crippen molar-refractivity contribution < 1.29 is 4.74 Å². The monoisotopic (exact) mass is 269 g/mol. The van der Waals surface area contributed by atoms with Crippen molar-refractivity contribution in [3.05, 3.63) is 0 Å². The first-order chi connectivity index (χ1) is 8.95. The molecule has 0 spiro atoms. The lowest BCUT2D eigenvalue weighted by atomic mass is 9.69. The third kappa shape index (κ3) is 6.27. The minimum absolute atomic E-state index is 0.367. The lowest BCUT2D eigenvalue weighted by molar-refractivity contribution is 0.0758. The van der Waals surface area contributed by atoms with Crippen molar-refractivity contribution in [3.8, 4) is 0 Å². The normalized spacial score (nSPS) is 24.9. The fraction of sp³-hybridized carbons (Fsp3) is 1.00. The fourth-order valence-corrected chi connectivity index (χ4v) is 3.07. The first-order valence-corrected chi connectivity index (χ1v) is 8.30. The van der Waals surface area contributed by atoms with Gasteiger partial charge in [0.05, 0.1) is 6.10 Å². The number of hydrogen-bond donors (Lipinski definition) is 1. The number of hydrogen-bond acceptors (Lipinski definition) is 2. The quantitative estimate of drug-likeness (QED) is 0.660. The first-order valence-electron chi connectivity index (χ1n) is 8.30. The van der Waals surface area contributed by atoms with Gasteiger partial charge < -0.3 is 10.1 Å². The van der Waals surface area contributed by atoms with E-state index in [4.69, 9.17) is 4.74 Å². The molecular formula is C17H35NO. The predicted molar refractivity (Wildman–Crippen MR) is 83.5 cm³/mol. The highest BCUT2D eigenvalue weighted by atomic mass is 16.5. The van der Waals surface area contributed by atoms with Gasteiger partial charge in [0, 0.05) is 12.6 Å². The Morgan fingerprint density at radius 1 is 1.16 bits per heavy atom. The van der Waals surface area contributed by atoms with E-state index in [0.29, 0.717) is 11.5 Å². The summed E-state index contributed by atoms with van der Waals surface area (Å²) < 4.78 is 5.57. The van der Waals surface area contributed by atoms with Crippen molar-refractivity contribution in [1.82, 2.24) is 5.32 Å². The number of nitrogens with one attached hydrogen (secondary N) is 1.